The topological polar surface area (TPSA) is 43.1 Å². The van der Waals surface area contributed by atoms with Gasteiger partial charge in [0.2, 0.25) is 5.91 Å². The lowest BCUT2D eigenvalue weighted by atomic mass is 10.0. The molecule has 0 aliphatic heterocycles. The smallest absolute Gasteiger partial charge is 0.217 e. The van der Waals surface area contributed by atoms with Gasteiger partial charge in [-0.1, -0.05) is 96.8 Å². The Bertz CT molecular complexity index is 209. The molecule has 0 unspecified atom stereocenters. The van der Waals surface area contributed by atoms with Crippen molar-refractivity contribution in [3.05, 3.63) is 0 Å². The maximum absolute atomic E-state index is 10.6. The predicted octanol–water partition coefficient (Wildman–Crippen LogP) is 6.16. The van der Waals surface area contributed by atoms with Crippen molar-refractivity contribution in [2.45, 2.75) is 110 Å². The van der Waals surface area contributed by atoms with Gasteiger partial charge in [0.25, 0.3) is 0 Å². The molecular formula is C18H38ClNO. The molecule has 3 heteroatoms. The fourth-order valence-corrected chi connectivity index (χ4v) is 2.67. The zero-order valence-corrected chi connectivity index (χ0v) is 15.0. The maximum Gasteiger partial charge on any atom is 0.217 e. The molecule has 2 nitrogen and oxygen atoms in total. The van der Waals surface area contributed by atoms with Crippen molar-refractivity contribution < 1.29 is 4.79 Å². The summed E-state index contributed by atoms with van der Waals surface area (Å²) < 4.78 is 0. The number of primary amides is 1. The summed E-state index contributed by atoms with van der Waals surface area (Å²) >= 11 is 0. The minimum atomic E-state index is -0.153. The average Bonchev–Trinajstić information content (AvgIpc) is 2.43. The molecule has 128 valence electrons. The van der Waals surface area contributed by atoms with Crippen LogP contribution in [0.5, 0.6) is 0 Å². The van der Waals surface area contributed by atoms with Gasteiger partial charge in [-0.05, 0) is 6.42 Å². The Balaban J connectivity index is 0. The van der Waals surface area contributed by atoms with Crippen LogP contribution < -0.4 is 5.73 Å². The number of halogens is 1. The lowest BCUT2D eigenvalue weighted by Crippen LogP contribution is -2.09. The zero-order chi connectivity index (χ0) is 14.9. The summed E-state index contributed by atoms with van der Waals surface area (Å²) in [5, 5.41) is 0. The molecule has 0 fully saturated rings. The number of carbonyl (C=O) groups excluding carboxylic acids is 1. The highest BCUT2D eigenvalue weighted by Gasteiger charge is 1.96. The van der Waals surface area contributed by atoms with Gasteiger partial charge >= 0.3 is 0 Å². The molecule has 21 heavy (non-hydrogen) atoms. The van der Waals surface area contributed by atoms with Crippen LogP contribution in [0.3, 0.4) is 0 Å². The predicted molar refractivity (Wildman–Crippen MR) is 96.0 cm³/mol. The molecule has 0 bridgehead atoms. The Kier molecular flexibility index (Phi) is 21.7. The molecule has 0 saturated carbocycles. The normalized spacial score (nSPS) is 10.3. The van der Waals surface area contributed by atoms with Crippen LogP contribution in [-0.4, -0.2) is 5.91 Å². The highest BCUT2D eigenvalue weighted by atomic mass is 35.5. The molecule has 0 aromatic rings. The summed E-state index contributed by atoms with van der Waals surface area (Å²) in [7, 11) is 0. The van der Waals surface area contributed by atoms with Crippen LogP contribution in [0.25, 0.3) is 0 Å². The molecule has 2 N–H and O–H groups in total. The van der Waals surface area contributed by atoms with E-state index in [4.69, 9.17) is 5.73 Å². The molecule has 0 aromatic heterocycles. The van der Waals surface area contributed by atoms with Crippen LogP contribution in [0, 0.1) is 0 Å². The van der Waals surface area contributed by atoms with Crippen molar-refractivity contribution in [1.82, 2.24) is 0 Å². The molecule has 0 aromatic carbocycles. The average molecular weight is 320 g/mol. The standard InChI is InChI=1S/C18H37NO.ClH/c1-2-3-4-5-6-7-8-9-10-11-12-13-14-15-16-17-18(19)20;/h2-17H2,1H3,(H2,19,20);1H. The largest absolute Gasteiger partial charge is 0.370 e. The highest BCUT2D eigenvalue weighted by molar-refractivity contribution is 5.85. The second-order valence-corrected chi connectivity index (χ2v) is 6.17. The SMILES string of the molecule is CCCCCCCCCCCCCCCCCC(N)=O.Cl. The van der Waals surface area contributed by atoms with Gasteiger partial charge < -0.3 is 5.73 Å². The number of rotatable bonds is 16. The van der Waals surface area contributed by atoms with Gasteiger partial charge in [0.15, 0.2) is 0 Å². The van der Waals surface area contributed by atoms with E-state index >= 15 is 0 Å². The zero-order valence-electron chi connectivity index (χ0n) is 14.2. The number of carbonyl (C=O) groups is 1. The van der Waals surface area contributed by atoms with E-state index in [1.807, 2.05) is 0 Å². The third kappa shape index (κ3) is 22.2. The lowest BCUT2D eigenvalue weighted by Gasteiger charge is -2.03. The van der Waals surface area contributed by atoms with Crippen LogP contribution >= 0.6 is 12.4 Å². The second kappa shape index (κ2) is 19.8. The number of hydrogen-bond acceptors (Lipinski definition) is 1. The van der Waals surface area contributed by atoms with Gasteiger partial charge in [0.05, 0.1) is 0 Å². The van der Waals surface area contributed by atoms with Gasteiger partial charge in [-0.25, -0.2) is 0 Å². The first kappa shape index (κ1) is 23.0. The highest BCUT2D eigenvalue weighted by Crippen LogP contribution is 2.13. The first-order chi connectivity index (χ1) is 9.77. The van der Waals surface area contributed by atoms with E-state index in [1.165, 1.54) is 89.9 Å². The third-order valence-electron chi connectivity index (χ3n) is 4.03. The van der Waals surface area contributed by atoms with Crippen molar-refractivity contribution >= 4 is 18.3 Å². The Hall–Kier alpha value is -0.240. The van der Waals surface area contributed by atoms with Crippen molar-refractivity contribution in [3.8, 4) is 0 Å². The Morgan fingerprint density at radius 3 is 1.19 bits per heavy atom. The fraction of sp³-hybridized carbons (Fsp3) is 0.944. The molecule has 1 amide bonds. The second-order valence-electron chi connectivity index (χ2n) is 6.17. The molecular weight excluding hydrogens is 282 g/mol. The third-order valence-corrected chi connectivity index (χ3v) is 4.03. The van der Waals surface area contributed by atoms with Gasteiger partial charge in [-0.3, -0.25) is 4.79 Å². The van der Waals surface area contributed by atoms with Crippen LogP contribution in [0.1, 0.15) is 110 Å². The number of amides is 1. The summed E-state index contributed by atoms with van der Waals surface area (Å²) in [6, 6.07) is 0. The number of unbranched alkanes of at least 4 members (excludes halogenated alkanes) is 14. The molecule has 0 radical (unpaired) electrons. The molecule has 0 aliphatic carbocycles. The lowest BCUT2D eigenvalue weighted by molar-refractivity contribution is -0.118. The molecule has 0 aliphatic rings. The van der Waals surface area contributed by atoms with Gasteiger partial charge in [-0.15, -0.1) is 12.4 Å². The molecule has 0 saturated heterocycles. The van der Waals surface area contributed by atoms with Crippen molar-refractivity contribution in [2.75, 3.05) is 0 Å². The molecule has 0 heterocycles. The van der Waals surface area contributed by atoms with Crippen LogP contribution in [0.2, 0.25) is 0 Å². The first-order valence-electron chi connectivity index (χ1n) is 9.05. The van der Waals surface area contributed by atoms with Gasteiger partial charge in [0, 0.05) is 6.42 Å². The summed E-state index contributed by atoms with van der Waals surface area (Å²) in [6.45, 7) is 2.28. The molecule has 0 rings (SSSR count). The fourth-order valence-electron chi connectivity index (χ4n) is 2.67. The Morgan fingerprint density at radius 1 is 0.619 bits per heavy atom. The van der Waals surface area contributed by atoms with Crippen molar-refractivity contribution in [3.63, 3.8) is 0 Å². The molecule has 0 atom stereocenters. The number of nitrogens with two attached hydrogens (primary N) is 1. The quantitative estimate of drug-likeness (QED) is 0.340. The van der Waals surface area contributed by atoms with Crippen LogP contribution in [0.4, 0.5) is 0 Å². The van der Waals surface area contributed by atoms with Gasteiger partial charge in [0.1, 0.15) is 0 Å². The van der Waals surface area contributed by atoms with Crippen LogP contribution in [0.15, 0.2) is 0 Å². The van der Waals surface area contributed by atoms with E-state index in [9.17, 15) is 4.79 Å². The minimum absolute atomic E-state index is 0. The van der Waals surface area contributed by atoms with E-state index in [0.717, 1.165) is 6.42 Å². The summed E-state index contributed by atoms with van der Waals surface area (Å²) in [5.41, 5.74) is 5.11. The Morgan fingerprint density at radius 2 is 0.905 bits per heavy atom. The van der Waals surface area contributed by atoms with E-state index in [1.54, 1.807) is 0 Å². The summed E-state index contributed by atoms with van der Waals surface area (Å²) in [6.07, 6.45) is 20.9. The monoisotopic (exact) mass is 319 g/mol. The van der Waals surface area contributed by atoms with E-state index in [0.29, 0.717) is 6.42 Å². The summed E-state index contributed by atoms with van der Waals surface area (Å²) in [4.78, 5) is 10.6. The van der Waals surface area contributed by atoms with Crippen molar-refractivity contribution in [1.29, 1.82) is 0 Å². The summed E-state index contributed by atoms with van der Waals surface area (Å²) in [5.74, 6) is -0.153. The van der Waals surface area contributed by atoms with Gasteiger partial charge in [-0.2, -0.15) is 0 Å². The Labute approximate surface area is 139 Å². The number of hydrogen-bond donors (Lipinski definition) is 1. The van der Waals surface area contributed by atoms with E-state index < -0.39 is 0 Å². The maximum atomic E-state index is 10.6. The van der Waals surface area contributed by atoms with E-state index in [2.05, 4.69) is 6.92 Å². The van der Waals surface area contributed by atoms with Crippen molar-refractivity contribution in [2.24, 2.45) is 5.73 Å². The minimum Gasteiger partial charge on any atom is -0.370 e. The molecule has 0 spiro atoms. The first-order valence-corrected chi connectivity index (χ1v) is 9.05. The van der Waals surface area contributed by atoms with Crippen LogP contribution in [-0.2, 0) is 4.79 Å². The van der Waals surface area contributed by atoms with E-state index in [-0.39, 0.29) is 18.3 Å².